The number of nitrogens with one attached hydrogen (secondary N) is 2. The fourth-order valence-corrected chi connectivity index (χ4v) is 4.05. The number of hydrogen-bond donors (Lipinski definition) is 2. The molecule has 144 valence electrons. The van der Waals surface area contributed by atoms with Crippen LogP contribution in [0.25, 0.3) is 0 Å². The maximum absolute atomic E-state index is 12.3. The first-order valence-electron chi connectivity index (χ1n) is 8.75. The molecular formula is C18H20Cl2N4O2S. The first-order valence-corrected chi connectivity index (χ1v) is 10.4. The third kappa shape index (κ3) is 5.65. The van der Waals surface area contributed by atoms with Crippen molar-refractivity contribution in [3.05, 3.63) is 44.9 Å². The van der Waals surface area contributed by atoms with E-state index in [9.17, 15) is 9.59 Å². The molecule has 1 saturated heterocycles. The van der Waals surface area contributed by atoms with Crippen molar-refractivity contribution in [3.63, 3.8) is 0 Å². The zero-order valence-electron chi connectivity index (χ0n) is 14.6. The number of nitrogens with zero attached hydrogens (tertiary/aromatic N) is 2. The van der Waals surface area contributed by atoms with Crippen LogP contribution >= 0.6 is 34.5 Å². The molecule has 2 heterocycles. The third-order valence-electron chi connectivity index (χ3n) is 4.30. The molecule has 1 fully saturated rings. The average Bonchev–Trinajstić information content (AvgIpc) is 3.11. The third-order valence-corrected chi connectivity index (χ3v) is 5.60. The number of hydrogen-bond acceptors (Lipinski definition) is 5. The van der Waals surface area contributed by atoms with Crippen LogP contribution in [0, 0.1) is 0 Å². The van der Waals surface area contributed by atoms with Gasteiger partial charge in [-0.3, -0.25) is 14.9 Å². The minimum atomic E-state index is -0.400. The molecule has 1 aliphatic heterocycles. The van der Waals surface area contributed by atoms with Crippen LogP contribution in [0.1, 0.15) is 40.1 Å². The Bertz CT molecular complexity index is 821. The minimum absolute atomic E-state index is 0.242. The van der Waals surface area contributed by atoms with Gasteiger partial charge in [0.2, 0.25) is 0 Å². The van der Waals surface area contributed by atoms with E-state index in [1.54, 1.807) is 17.5 Å². The number of thiazole rings is 1. The van der Waals surface area contributed by atoms with Gasteiger partial charge < -0.3 is 10.2 Å². The Morgan fingerprint density at radius 3 is 2.67 bits per heavy atom. The first-order chi connectivity index (χ1) is 13.0. The van der Waals surface area contributed by atoms with Crippen molar-refractivity contribution in [1.82, 2.24) is 15.2 Å². The lowest BCUT2D eigenvalue weighted by molar-refractivity contribution is 0.0941. The van der Waals surface area contributed by atoms with Gasteiger partial charge in [0.1, 0.15) is 5.69 Å². The predicted octanol–water partition coefficient (Wildman–Crippen LogP) is 3.92. The van der Waals surface area contributed by atoms with Gasteiger partial charge in [-0.1, -0.05) is 29.6 Å². The van der Waals surface area contributed by atoms with Crippen LogP contribution in [-0.2, 0) is 0 Å². The summed E-state index contributed by atoms with van der Waals surface area (Å²) in [7, 11) is 0. The summed E-state index contributed by atoms with van der Waals surface area (Å²) in [4.78, 5) is 31.0. The number of carbonyl (C=O) groups is 2. The first kappa shape index (κ1) is 20.1. The molecule has 2 amide bonds. The van der Waals surface area contributed by atoms with Crippen molar-refractivity contribution >= 4 is 51.5 Å². The molecule has 0 unspecified atom stereocenters. The lowest BCUT2D eigenvalue weighted by atomic mass is 10.1. The maximum Gasteiger partial charge on any atom is 0.270 e. The number of aromatic nitrogens is 1. The van der Waals surface area contributed by atoms with Gasteiger partial charge in [0.25, 0.3) is 11.8 Å². The summed E-state index contributed by atoms with van der Waals surface area (Å²) in [5.41, 5.74) is 0.583. The number of rotatable bonds is 6. The molecule has 1 aromatic carbocycles. The topological polar surface area (TPSA) is 74.3 Å². The molecule has 0 spiro atoms. The molecular weight excluding hydrogens is 407 g/mol. The molecule has 0 bridgehead atoms. The SMILES string of the molecule is O=C(NCCN1CCCCC1)c1csc(NC(=O)c2ccc(Cl)cc2Cl)n1. The number of anilines is 1. The highest BCUT2D eigenvalue weighted by Gasteiger charge is 2.16. The van der Waals surface area contributed by atoms with Crippen molar-refractivity contribution in [1.29, 1.82) is 0 Å². The molecule has 2 N–H and O–H groups in total. The van der Waals surface area contributed by atoms with Crippen LogP contribution in [-0.4, -0.2) is 47.9 Å². The number of amides is 2. The molecule has 3 rings (SSSR count). The second-order valence-corrected chi connectivity index (χ2v) is 7.98. The summed E-state index contributed by atoms with van der Waals surface area (Å²) in [6, 6.07) is 4.63. The number of benzene rings is 1. The Labute approximate surface area is 171 Å². The van der Waals surface area contributed by atoms with Crippen LogP contribution in [0.15, 0.2) is 23.6 Å². The molecule has 1 aromatic heterocycles. The Morgan fingerprint density at radius 2 is 1.93 bits per heavy atom. The standard InChI is InChI=1S/C18H20Cl2N4O2S/c19-12-4-5-13(14(20)10-12)16(25)23-18-22-15(11-27-18)17(26)21-6-9-24-7-2-1-3-8-24/h4-5,10-11H,1-3,6-9H2,(H,21,26)(H,22,23,25). The summed E-state index contributed by atoms with van der Waals surface area (Å²) in [5.74, 6) is -0.642. The number of piperidine rings is 1. The summed E-state index contributed by atoms with van der Waals surface area (Å²) in [6.45, 7) is 3.61. The van der Waals surface area contributed by atoms with E-state index in [2.05, 4.69) is 20.5 Å². The largest absolute Gasteiger partial charge is 0.349 e. The van der Waals surface area contributed by atoms with E-state index in [4.69, 9.17) is 23.2 Å². The van der Waals surface area contributed by atoms with Gasteiger partial charge in [0, 0.05) is 23.5 Å². The number of likely N-dealkylation sites (tertiary alicyclic amines) is 1. The minimum Gasteiger partial charge on any atom is -0.349 e. The quantitative estimate of drug-likeness (QED) is 0.733. The normalized spacial score (nSPS) is 14.7. The van der Waals surface area contributed by atoms with Crippen molar-refractivity contribution in [2.75, 3.05) is 31.5 Å². The predicted molar refractivity (Wildman–Crippen MR) is 109 cm³/mol. The number of carbonyl (C=O) groups excluding carboxylic acids is 2. The maximum atomic E-state index is 12.3. The van der Waals surface area contributed by atoms with Gasteiger partial charge in [-0.2, -0.15) is 0 Å². The van der Waals surface area contributed by atoms with Crippen molar-refractivity contribution in [3.8, 4) is 0 Å². The van der Waals surface area contributed by atoms with Gasteiger partial charge >= 0.3 is 0 Å². The van der Waals surface area contributed by atoms with Gasteiger partial charge in [-0.15, -0.1) is 11.3 Å². The highest BCUT2D eigenvalue weighted by atomic mass is 35.5. The Balaban J connectivity index is 1.51. The molecule has 0 atom stereocenters. The van der Waals surface area contributed by atoms with Gasteiger partial charge in [-0.05, 0) is 44.1 Å². The summed E-state index contributed by atoms with van der Waals surface area (Å²) < 4.78 is 0. The van der Waals surface area contributed by atoms with E-state index in [0.717, 1.165) is 19.6 Å². The Morgan fingerprint density at radius 1 is 1.15 bits per heavy atom. The van der Waals surface area contributed by atoms with Crippen LogP contribution in [0.5, 0.6) is 0 Å². The molecule has 0 radical (unpaired) electrons. The van der Waals surface area contributed by atoms with E-state index < -0.39 is 5.91 Å². The second-order valence-electron chi connectivity index (χ2n) is 6.27. The smallest absolute Gasteiger partial charge is 0.270 e. The van der Waals surface area contributed by atoms with Crippen molar-refractivity contribution in [2.24, 2.45) is 0 Å². The Kier molecular flexibility index (Phi) is 7.07. The fraction of sp³-hybridized carbons (Fsp3) is 0.389. The van der Waals surface area contributed by atoms with Crippen LogP contribution < -0.4 is 10.6 Å². The lowest BCUT2D eigenvalue weighted by Gasteiger charge is -2.26. The van der Waals surface area contributed by atoms with Crippen LogP contribution in [0.2, 0.25) is 10.0 Å². The summed E-state index contributed by atoms with van der Waals surface area (Å²) in [6.07, 6.45) is 3.73. The van der Waals surface area contributed by atoms with Crippen molar-refractivity contribution < 1.29 is 9.59 Å². The fourth-order valence-electron chi connectivity index (χ4n) is 2.87. The molecule has 1 aliphatic rings. The average molecular weight is 427 g/mol. The van der Waals surface area contributed by atoms with E-state index in [0.29, 0.717) is 22.3 Å². The highest BCUT2D eigenvalue weighted by Crippen LogP contribution is 2.23. The lowest BCUT2D eigenvalue weighted by Crippen LogP contribution is -2.37. The highest BCUT2D eigenvalue weighted by molar-refractivity contribution is 7.14. The molecule has 0 saturated carbocycles. The zero-order valence-corrected chi connectivity index (χ0v) is 17.0. The molecule has 9 heteroatoms. The van der Waals surface area contributed by atoms with E-state index in [-0.39, 0.29) is 16.6 Å². The monoisotopic (exact) mass is 426 g/mol. The van der Waals surface area contributed by atoms with Crippen molar-refractivity contribution in [2.45, 2.75) is 19.3 Å². The van der Waals surface area contributed by atoms with Gasteiger partial charge in [-0.25, -0.2) is 4.98 Å². The van der Waals surface area contributed by atoms with Gasteiger partial charge in [0.15, 0.2) is 5.13 Å². The van der Waals surface area contributed by atoms with E-state index in [1.165, 1.54) is 36.7 Å². The number of halogens is 2. The summed E-state index contributed by atoms with van der Waals surface area (Å²) in [5, 5.41) is 8.20. The zero-order chi connectivity index (χ0) is 19.2. The summed E-state index contributed by atoms with van der Waals surface area (Å²) >= 11 is 13.1. The molecule has 0 aliphatic carbocycles. The van der Waals surface area contributed by atoms with Gasteiger partial charge in [0.05, 0.1) is 10.6 Å². The van der Waals surface area contributed by atoms with E-state index >= 15 is 0 Å². The van der Waals surface area contributed by atoms with Crippen LogP contribution in [0.3, 0.4) is 0 Å². The second kappa shape index (κ2) is 9.50. The Hall–Kier alpha value is -1.67. The van der Waals surface area contributed by atoms with E-state index in [1.807, 2.05) is 0 Å². The molecule has 6 nitrogen and oxygen atoms in total. The molecule has 27 heavy (non-hydrogen) atoms. The van der Waals surface area contributed by atoms with Crippen LogP contribution in [0.4, 0.5) is 5.13 Å². The molecule has 2 aromatic rings.